The van der Waals surface area contributed by atoms with E-state index in [0.29, 0.717) is 15.4 Å². The van der Waals surface area contributed by atoms with Gasteiger partial charge in [-0.3, -0.25) is 9.59 Å². The first-order valence-corrected chi connectivity index (χ1v) is 8.40. The maximum Gasteiger partial charge on any atom is 0.260 e. The van der Waals surface area contributed by atoms with Crippen LogP contribution in [-0.4, -0.2) is 25.1 Å². The van der Waals surface area contributed by atoms with E-state index in [4.69, 9.17) is 5.14 Å². The van der Waals surface area contributed by atoms with Crippen LogP contribution in [0.2, 0.25) is 0 Å². The summed E-state index contributed by atoms with van der Waals surface area (Å²) in [6, 6.07) is 3.00. The molecule has 3 heterocycles. The van der Waals surface area contributed by atoms with Gasteiger partial charge >= 0.3 is 0 Å². The molecule has 0 radical (unpaired) electrons. The minimum absolute atomic E-state index is 0.209. The second kappa shape index (κ2) is 5.99. The van der Waals surface area contributed by atoms with Crippen LogP contribution < -0.4 is 16.0 Å². The summed E-state index contributed by atoms with van der Waals surface area (Å²) in [5.74, 6) is -0.435. The number of aryl methyl sites for hydroxylation is 1. The van der Waals surface area contributed by atoms with Crippen LogP contribution >= 0.6 is 11.3 Å². The summed E-state index contributed by atoms with van der Waals surface area (Å²) in [7, 11) is -1.68. The molecule has 0 saturated heterocycles. The topological polar surface area (TPSA) is 131 Å². The summed E-state index contributed by atoms with van der Waals surface area (Å²) in [5.41, 5.74) is 0.325. The average Bonchev–Trinajstić information content (AvgIpc) is 2.85. The van der Waals surface area contributed by atoms with Crippen molar-refractivity contribution in [3.63, 3.8) is 0 Å². The molecule has 0 aromatic carbocycles. The molecule has 0 bridgehead atoms. The van der Waals surface area contributed by atoms with E-state index < -0.39 is 16.9 Å². The number of aromatic nitrogens is 3. The van der Waals surface area contributed by atoms with Crippen molar-refractivity contribution in [1.29, 1.82) is 0 Å². The minimum atomic E-state index is -1.68. The van der Waals surface area contributed by atoms with Gasteiger partial charge in [-0.1, -0.05) is 0 Å². The first kappa shape index (κ1) is 15.5. The number of fused-ring (bicyclic) bond motifs is 1. The number of amides is 1. The molecule has 0 fully saturated rings. The van der Waals surface area contributed by atoms with Crippen molar-refractivity contribution in [2.45, 2.75) is 11.9 Å². The molecular formula is C13H11N5O3S2. The molecule has 0 aliphatic heterocycles. The number of carbonyl (C=O) groups excluding carboxylic acids is 1. The SMILES string of the molecule is Cc1sc2nc[nH]c(=O)c2c1C(=O)Nc1ccc(S(N)=O)nc1. The number of thiophene rings is 1. The Labute approximate surface area is 136 Å². The van der Waals surface area contributed by atoms with Gasteiger partial charge in [0.15, 0.2) is 0 Å². The summed E-state index contributed by atoms with van der Waals surface area (Å²) >= 11 is 1.27. The molecule has 8 nitrogen and oxygen atoms in total. The van der Waals surface area contributed by atoms with Gasteiger partial charge in [0.25, 0.3) is 11.5 Å². The van der Waals surface area contributed by atoms with Crippen LogP contribution in [-0.2, 0) is 11.0 Å². The number of aromatic amines is 1. The summed E-state index contributed by atoms with van der Waals surface area (Å²) in [6.45, 7) is 1.75. The third-order valence-corrected chi connectivity index (χ3v) is 4.76. The number of anilines is 1. The Kier molecular flexibility index (Phi) is 4.03. The van der Waals surface area contributed by atoms with Gasteiger partial charge in [-0.05, 0) is 19.1 Å². The van der Waals surface area contributed by atoms with Gasteiger partial charge in [-0.2, -0.15) is 0 Å². The maximum absolute atomic E-state index is 12.5. The van der Waals surface area contributed by atoms with Crippen LogP contribution in [0.3, 0.4) is 0 Å². The van der Waals surface area contributed by atoms with Gasteiger partial charge in [0.1, 0.15) is 20.8 Å². The second-order valence-electron chi connectivity index (χ2n) is 4.58. The van der Waals surface area contributed by atoms with Crippen LogP contribution in [0, 0.1) is 6.92 Å². The molecule has 3 rings (SSSR count). The van der Waals surface area contributed by atoms with Crippen molar-refractivity contribution < 1.29 is 9.00 Å². The van der Waals surface area contributed by atoms with Crippen molar-refractivity contribution in [1.82, 2.24) is 15.0 Å². The van der Waals surface area contributed by atoms with Crippen LogP contribution in [0.15, 0.2) is 34.5 Å². The lowest BCUT2D eigenvalue weighted by Crippen LogP contribution is -2.16. The predicted molar refractivity (Wildman–Crippen MR) is 87.8 cm³/mol. The van der Waals surface area contributed by atoms with Crippen molar-refractivity contribution in [2.75, 3.05) is 5.32 Å². The van der Waals surface area contributed by atoms with Crippen molar-refractivity contribution in [2.24, 2.45) is 5.14 Å². The van der Waals surface area contributed by atoms with Gasteiger partial charge in [0.2, 0.25) is 0 Å². The van der Waals surface area contributed by atoms with Gasteiger partial charge in [-0.25, -0.2) is 19.3 Å². The normalized spacial score (nSPS) is 12.3. The second-order valence-corrected chi connectivity index (χ2v) is 6.80. The molecule has 1 amide bonds. The van der Waals surface area contributed by atoms with Gasteiger partial charge in [0, 0.05) is 4.88 Å². The molecule has 3 aromatic rings. The molecule has 0 saturated carbocycles. The summed E-state index contributed by atoms with van der Waals surface area (Å²) < 4.78 is 11.1. The molecule has 1 atom stereocenters. The molecule has 10 heteroatoms. The molecule has 0 aliphatic carbocycles. The van der Waals surface area contributed by atoms with Crippen molar-refractivity contribution >= 4 is 44.1 Å². The van der Waals surface area contributed by atoms with Gasteiger partial charge in [-0.15, -0.1) is 11.3 Å². The third kappa shape index (κ3) is 2.91. The first-order chi connectivity index (χ1) is 11.0. The van der Waals surface area contributed by atoms with E-state index in [0.717, 1.165) is 0 Å². The highest BCUT2D eigenvalue weighted by Crippen LogP contribution is 2.27. The molecule has 0 spiro atoms. The highest BCUT2D eigenvalue weighted by molar-refractivity contribution is 7.82. The van der Waals surface area contributed by atoms with Crippen molar-refractivity contribution in [3.8, 4) is 0 Å². The average molecular weight is 349 g/mol. The standard InChI is InChI=1S/C13H11N5O3S2/c1-6-9(10-11(19)16-5-17-13(10)22-6)12(20)18-7-2-3-8(15-4-7)23(14)21/h2-5H,14H2,1H3,(H,18,20)(H,16,17,19). The zero-order chi connectivity index (χ0) is 16.6. The quantitative estimate of drug-likeness (QED) is 0.647. The number of nitrogens with two attached hydrogens (primary N) is 1. The Balaban J connectivity index is 1.96. The smallest absolute Gasteiger partial charge is 0.260 e. The largest absolute Gasteiger partial charge is 0.321 e. The van der Waals surface area contributed by atoms with E-state index in [1.54, 1.807) is 6.92 Å². The third-order valence-electron chi connectivity index (χ3n) is 3.10. The van der Waals surface area contributed by atoms with E-state index in [1.807, 2.05) is 0 Å². The highest BCUT2D eigenvalue weighted by Gasteiger charge is 2.20. The molecular weight excluding hydrogens is 338 g/mol. The summed E-state index contributed by atoms with van der Waals surface area (Å²) in [5, 5.41) is 8.35. The molecule has 23 heavy (non-hydrogen) atoms. The summed E-state index contributed by atoms with van der Waals surface area (Å²) in [6.07, 6.45) is 2.66. The Morgan fingerprint density at radius 2 is 2.17 bits per heavy atom. The number of H-pyrrole nitrogens is 1. The molecule has 0 aliphatic rings. The molecule has 4 N–H and O–H groups in total. The lowest BCUT2D eigenvalue weighted by molar-refractivity contribution is 0.102. The Morgan fingerprint density at radius 3 is 2.83 bits per heavy atom. The molecule has 118 valence electrons. The number of nitrogens with one attached hydrogen (secondary N) is 2. The van der Waals surface area contributed by atoms with Crippen molar-refractivity contribution in [3.05, 3.63) is 45.5 Å². The zero-order valence-corrected chi connectivity index (χ0v) is 13.5. The lowest BCUT2D eigenvalue weighted by Gasteiger charge is -2.05. The fourth-order valence-electron chi connectivity index (χ4n) is 2.09. The molecule has 3 aromatic heterocycles. The Bertz CT molecular complexity index is 977. The van der Waals surface area contributed by atoms with Crippen LogP contribution in [0.4, 0.5) is 5.69 Å². The maximum atomic E-state index is 12.5. The number of pyridine rings is 1. The van der Waals surface area contributed by atoms with Gasteiger partial charge < -0.3 is 10.3 Å². The van der Waals surface area contributed by atoms with E-state index in [9.17, 15) is 13.8 Å². The van der Waals surface area contributed by atoms with Gasteiger partial charge in [0.05, 0.1) is 29.2 Å². The highest BCUT2D eigenvalue weighted by atomic mass is 32.2. The minimum Gasteiger partial charge on any atom is -0.321 e. The number of hydrogen-bond donors (Lipinski definition) is 3. The Morgan fingerprint density at radius 1 is 1.39 bits per heavy atom. The zero-order valence-electron chi connectivity index (χ0n) is 11.8. The van der Waals surface area contributed by atoms with E-state index in [2.05, 4.69) is 20.3 Å². The number of rotatable bonds is 3. The lowest BCUT2D eigenvalue weighted by atomic mass is 10.2. The van der Waals surface area contributed by atoms with Crippen LogP contribution in [0.5, 0.6) is 0 Å². The summed E-state index contributed by atoms with van der Waals surface area (Å²) in [4.78, 5) is 36.1. The van der Waals surface area contributed by atoms with Crippen LogP contribution in [0.25, 0.3) is 10.2 Å². The predicted octanol–water partition coefficient (Wildman–Crippen LogP) is 0.922. The Hall–Kier alpha value is -2.43. The monoisotopic (exact) mass is 349 g/mol. The molecule has 1 unspecified atom stereocenters. The fourth-order valence-corrected chi connectivity index (χ4v) is 3.44. The fraction of sp³-hybridized carbons (Fsp3) is 0.0769. The van der Waals surface area contributed by atoms with E-state index >= 15 is 0 Å². The van der Waals surface area contributed by atoms with E-state index in [-0.39, 0.29) is 21.5 Å². The first-order valence-electron chi connectivity index (χ1n) is 6.37. The number of hydrogen-bond acceptors (Lipinski definition) is 6. The number of nitrogens with zero attached hydrogens (tertiary/aromatic N) is 2. The number of carbonyl (C=O) groups is 1. The van der Waals surface area contributed by atoms with Crippen LogP contribution in [0.1, 0.15) is 15.2 Å². The van der Waals surface area contributed by atoms with E-state index in [1.165, 1.54) is 36.0 Å².